The van der Waals surface area contributed by atoms with E-state index in [1.165, 1.54) is 12.8 Å². The summed E-state index contributed by atoms with van der Waals surface area (Å²) in [4.78, 5) is 17.3. The number of rotatable bonds is 11. The van der Waals surface area contributed by atoms with Gasteiger partial charge in [0, 0.05) is 38.3 Å². The van der Waals surface area contributed by atoms with Crippen molar-refractivity contribution in [2.45, 2.75) is 38.6 Å². The van der Waals surface area contributed by atoms with Gasteiger partial charge >= 0.3 is 0 Å². The third-order valence-corrected chi connectivity index (χ3v) is 6.01. The van der Waals surface area contributed by atoms with E-state index in [-0.39, 0.29) is 18.6 Å². The van der Waals surface area contributed by atoms with Crippen molar-refractivity contribution in [1.29, 1.82) is 0 Å². The Bertz CT molecular complexity index is 835. The SMILES string of the molecule is Cc1ccc(C(=O)N(CC2CC2)CC2CN(CC(O)COCc3ccco3)CCO2)cc1. The molecule has 1 aliphatic carbocycles. The second-order valence-corrected chi connectivity index (χ2v) is 9.02. The zero-order chi connectivity index (χ0) is 22.3. The van der Waals surface area contributed by atoms with Crippen molar-refractivity contribution in [3.05, 3.63) is 59.5 Å². The number of aliphatic hydroxyl groups excluding tert-OH is 1. The second kappa shape index (κ2) is 11.1. The van der Waals surface area contributed by atoms with Crippen LogP contribution in [0.3, 0.4) is 0 Å². The van der Waals surface area contributed by atoms with E-state index in [2.05, 4.69) is 4.90 Å². The molecule has 1 saturated carbocycles. The maximum absolute atomic E-state index is 13.2. The van der Waals surface area contributed by atoms with Crippen LogP contribution in [-0.4, -0.2) is 79.0 Å². The first kappa shape index (κ1) is 23.0. The molecule has 7 heteroatoms. The number of nitrogens with zero attached hydrogens (tertiary/aromatic N) is 2. The molecular formula is C25H34N2O5. The minimum Gasteiger partial charge on any atom is -0.467 e. The Balaban J connectivity index is 1.26. The lowest BCUT2D eigenvalue weighted by Crippen LogP contribution is -2.51. The number of β-amino-alcohol motifs (C(OH)–C–C–N with tert-alkyl or cyclic N) is 1. The molecule has 174 valence electrons. The molecule has 2 heterocycles. The monoisotopic (exact) mass is 442 g/mol. The summed E-state index contributed by atoms with van der Waals surface area (Å²) in [5.74, 6) is 1.43. The lowest BCUT2D eigenvalue weighted by molar-refractivity contribution is -0.0605. The fourth-order valence-corrected chi connectivity index (χ4v) is 4.07. The molecule has 1 aliphatic heterocycles. The van der Waals surface area contributed by atoms with E-state index >= 15 is 0 Å². The number of morpholine rings is 1. The van der Waals surface area contributed by atoms with Gasteiger partial charge in [-0.2, -0.15) is 0 Å². The van der Waals surface area contributed by atoms with Crippen LogP contribution >= 0.6 is 0 Å². The van der Waals surface area contributed by atoms with Crippen molar-refractivity contribution in [3.8, 4) is 0 Å². The number of aliphatic hydroxyl groups is 1. The van der Waals surface area contributed by atoms with Crippen LogP contribution in [0.4, 0.5) is 0 Å². The van der Waals surface area contributed by atoms with Gasteiger partial charge in [-0.15, -0.1) is 0 Å². The molecule has 1 aromatic heterocycles. The van der Waals surface area contributed by atoms with E-state index in [0.717, 1.165) is 30.0 Å². The van der Waals surface area contributed by atoms with Gasteiger partial charge in [-0.3, -0.25) is 9.69 Å². The molecule has 2 fully saturated rings. The molecule has 32 heavy (non-hydrogen) atoms. The summed E-state index contributed by atoms with van der Waals surface area (Å²) >= 11 is 0. The number of hydrogen-bond donors (Lipinski definition) is 1. The summed E-state index contributed by atoms with van der Waals surface area (Å²) in [6, 6.07) is 11.5. The van der Waals surface area contributed by atoms with E-state index in [1.807, 2.05) is 48.2 Å². The third kappa shape index (κ3) is 6.90. The zero-order valence-corrected chi connectivity index (χ0v) is 18.8. The standard InChI is InChI=1S/C25H34N2O5/c1-19-4-8-21(9-5-19)25(29)27(13-20-6-7-20)16-24-15-26(10-12-32-24)14-22(28)17-30-18-23-3-2-11-31-23/h2-5,8-9,11,20,22,24,28H,6-7,10,12-18H2,1H3. The van der Waals surface area contributed by atoms with Gasteiger partial charge in [0.15, 0.2) is 0 Å². The highest BCUT2D eigenvalue weighted by Gasteiger charge is 2.31. The molecule has 7 nitrogen and oxygen atoms in total. The Morgan fingerprint density at radius 1 is 1.25 bits per heavy atom. The number of ether oxygens (including phenoxy) is 2. The van der Waals surface area contributed by atoms with Crippen molar-refractivity contribution in [3.63, 3.8) is 0 Å². The number of benzene rings is 1. The number of aryl methyl sites for hydroxylation is 1. The highest BCUT2D eigenvalue weighted by Crippen LogP contribution is 2.30. The lowest BCUT2D eigenvalue weighted by atomic mass is 10.1. The van der Waals surface area contributed by atoms with E-state index in [0.29, 0.717) is 38.8 Å². The van der Waals surface area contributed by atoms with Gasteiger partial charge in [0.2, 0.25) is 0 Å². The molecule has 4 rings (SSSR count). The van der Waals surface area contributed by atoms with Crippen LogP contribution in [0.2, 0.25) is 0 Å². The molecule has 1 N–H and O–H groups in total. The number of hydrogen-bond acceptors (Lipinski definition) is 6. The van der Waals surface area contributed by atoms with Crippen LogP contribution in [0.15, 0.2) is 47.1 Å². The maximum Gasteiger partial charge on any atom is 0.253 e. The number of amides is 1. The predicted octanol–water partition coefficient (Wildman–Crippen LogP) is 2.72. The zero-order valence-electron chi connectivity index (χ0n) is 18.8. The Morgan fingerprint density at radius 3 is 2.78 bits per heavy atom. The Morgan fingerprint density at radius 2 is 2.06 bits per heavy atom. The van der Waals surface area contributed by atoms with E-state index in [9.17, 15) is 9.90 Å². The van der Waals surface area contributed by atoms with Crippen molar-refractivity contribution >= 4 is 5.91 Å². The van der Waals surface area contributed by atoms with Gasteiger partial charge < -0.3 is 23.9 Å². The number of carbonyl (C=O) groups is 1. The molecule has 1 amide bonds. The predicted molar refractivity (Wildman–Crippen MR) is 120 cm³/mol. The first-order chi connectivity index (χ1) is 15.6. The van der Waals surface area contributed by atoms with Gasteiger partial charge in [0.05, 0.1) is 31.7 Å². The highest BCUT2D eigenvalue weighted by atomic mass is 16.5. The minimum absolute atomic E-state index is 0.0619. The quantitative estimate of drug-likeness (QED) is 0.577. The number of carbonyl (C=O) groups excluding carboxylic acids is 1. The molecule has 2 unspecified atom stereocenters. The Hall–Kier alpha value is -2.19. The van der Waals surface area contributed by atoms with Crippen LogP contribution in [0.5, 0.6) is 0 Å². The van der Waals surface area contributed by atoms with E-state index < -0.39 is 6.10 Å². The summed E-state index contributed by atoms with van der Waals surface area (Å²) in [6.07, 6.45) is 3.35. The van der Waals surface area contributed by atoms with E-state index in [4.69, 9.17) is 13.9 Å². The first-order valence-corrected chi connectivity index (χ1v) is 11.5. The molecule has 0 radical (unpaired) electrons. The smallest absolute Gasteiger partial charge is 0.253 e. The average molecular weight is 443 g/mol. The number of furan rings is 1. The topological polar surface area (TPSA) is 75.4 Å². The Kier molecular flexibility index (Phi) is 7.97. The molecule has 0 spiro atoms. The Labute approximate surface area is 189 Å². The van der Waals surface area contributed by atoms with Gasteiger partial charge in [-0.05, 0) is 49.9 Å². The van der Waals surface area contributed by atoms with Crippen LogP contribution in [-0.2, 0) is 16.1 Å². The average Bonchev–Trinajstić information content (AvgIpc) is 3.45. The van der Waals surface area contributed by atoms with Gasteiger partial charge in [-0.25, -0.2) is 0 Å². The van der Waals surface area contributed by atoms with Gasteiger partial charge in [0.1, 0.15) is 12.4 Å². The van der Waals surface area contributed by atoms with E-state index in [1.54, 1.807) is 6.26 Å². The van der Waals surface area contributed by atoms with Crippen molar-refractivity contribution < 1.29 is 23.8 Å². The maximum atomic E-state index is 13.2. The van der Waals surface area contributed by atoms with Gasteiger partial charge in [0.25, 0.3) is 5.91 Å². The second-order valence-electron chi connectivity index (χ2n) is 9.02. The van der Waals surface area contributed by atoms with Gasteiger partial charge in [-0.1, -0.05) is 17.7 Å². The lowest BCUT2D eigenvalue weighted by Gasteiger charge is -2.36. The summed E-state index contributed by atoms with van der Waals surface area (Å²) in [7, 11) is 0. The van der Waals surface area contributed by atoms with Crippen molar-refractivity contribution in [2.75, 3.05) is 45.9 Å². The first-order valence-electron chi connectivity index (χ1n) is 11.5. The third-order valence-electron chi connectivity index (χ3n) is 6.01. The summed E-state index contributed by atoms with van der Waals surface area (Å²) in [5.41, 5.74) is 1.88. The normalized spacial score (nSPS) is 20.2. The minimum atomic E-state index is -0.583. The van der Waals surface area contributed by atoms with Crippen LogP contribution in [0, 0.1) is 12.8 Å². The van der Waals surface area contributed by atoms with Crippen LogP contribution < -0.4 is 0 Å². The van der Waals surface area contributed by atoms with Crippen molar-refractivity contribution in [2.24, 2.45) is 5.92 Å². The largest absolute Gasteiger partial charge is 0.467 e. The fourth-order valence-electron chi connectivity index (χ4n) is 4.07. The molecule has 1 saturated heterocycles. The highest BCUT2D eigenvalue weighted by molar-refractivity contribution is 5.94. The van der Waals surface area contributed by atoms with Crippen LogP contribution in [0.25, 0.3) is 0 Å². The van der Waals surface area contributed by atoms with Crippen molar-refractivity contribution in [1.82, 2.24) is 9.80 Å². The summed E-state index contributed by atoms with van der Waals surface area (Å²) < 4.78 is 16.8. The summed E-state index contributed by atoms with van der Waals surface area (Å²) in [6.45, 7) is 6.57. The molecule has 2 atom stereocenters. The molecule has 0 bridgehead atoms. The van der Waals surface area contributed by atoms with Crippen LogP contribution in [0.1, 0.15) is 34.5 Å². The summed E-state index contributed by atoms with van der Waals surface area (Å²) in [5, 5.41) is 10.4. The molecule has 1 aromatic carbocycles. The molecule has 2 aliphatic rings. The fraction of sp³-hybridized carbons (Fsp3) is 0.560. The molecular weight excluding hydrogens is 408 g/mol. The molecule has 2 aromatic rings.